The molecular weight excluding hydrogens is 328 g/mol. The van der Waals surface area contributed by atoms with E-state index >= 15 is 0 Å². The van der Waals surface area contributed by atoms with E-state index in [4.69, 9.17) is 18.0 Å². The molecule has 0 fully saturated rings. The first kappa shape index (κ1) is 15.8. The summed E-state index contributed by atoms with van der Waals surface area (Å²) in [6.45, 7) is 3.68. The van der Waals surface area contributed by atoms with Gasteiger partial charge in [-0.05, 0) is 31.0 Å². The summed E-state index contributed by atoms with van der Waals surface area (Å²) < 4.78 is 27.0. The summed E-state index contributed by atoms with van der Waals surface area (Å²) in [5.41, 5.74) is 6.93. The predicted molar refractivity (Wildman–Crippen MR) is 87.2 cm³/mol. The van der Waals surface area contributed by atoms with Gasteiger partial charge in [0.15, 0.2) is 0 Å². The van der Waals surface area contributed by atoms with E-state index in [-0.39, 0.29) is 15.0 Å². The molecule has 2 rings (SSSR count). The Balaban J connectivity index is 2.31. The van der Waals surface area contributed by atoms with Crippen LogP contribution in [0.15, 0.2) is 23.1 Å². The van der Waals surface area contributed by atoms with Gasteiger partial charge in [0.25, 0.3) is 10.0 Å². The van der Waals surface area contributed by atoms with Crippen molar-refractivity contribution in [2.45, 2.75) is 25.2 Å². The van der Waals surface area contributed by atoms with Crippen LogP contribution in [0.1, 0.15) is 23.1 Å². The highest BCUT2D eigenvalue weighted by atomic mass is 32.2. The van der Waals surface area contributed by atoms with Crippen LogP contribution in [-0.4, -0.2) is 23.6 Å². The van der Waals surface area contributed by atoms with Crippen molar-refractivity contribution >= 4 is 43.7 Å². The molecule has 112 valence electrons. The molecule has 1 aromatic carbocycles. The number of rotatable bonds is 5. The predicted octanol–water partition coefficient (Wildman–Crippen LogP) is 1.84. The molecule has 0 aliphatic heterocycles. The van der Waals surface area contributed by atoms with Gasteiger partial charge >= 0.3 is 0 Å². The second-order valence-electron chi connectivity index (χ2n) is 4.30. The van der Waals surface area contributed by atoms with E-state index in [1.54, 1.807) is 13.0 Å². The fourth-order valence-corrected chi connectivity index (χ4v) is 3.91. The number of nitrogens with two attached hydrogens (primary N) is 1. The third-order valence-corrected chi connectivity index (χ3v) is 5.43. The minimum Gasteiger partial charge on any atom is -0.389 e. The Kier molecular flexibility index (Phi) is 4.55. The highest BCUT2D eigenvalue weighted by Gasteiger charge is 2.18. The molecule has 1 aromatic heterocycles. The highest BCUT2D eigenvalue weighted by molar-refractivity contribution is 7.93. The molecule has 0 aliphatic carbocycles. The van der Waals surface area contributed by atoms with Crippen molar-refractivity contribution in [2.75, 3.05) is 4.72 Å². The third kappa shape index (κ3) is 3.55. The molecule has 0 saturated carbocycles. The lowest BCUT2D eigenvalue weighted by atomic mass is 10.1. The van der Waals surface area contributed by atoms with Crippen molar-refractivity contribution in [2.24, 2.45) is 5.73 Å². The number of hydrogen-bond acceptors (Lipinski definition) is 6. The summed E-state index contributed by atoms with van der Waals surface area (Å²) in [5.74, 6) is 0. The van der Waals surface area contributed by atoms with E-state index in [0.717, 1.165) is 5.01 Å². The van der Waals surface area contributed by atoms with Crippen LogP contribution in [0.25, 0.3) is 0 Å². The molecule has 3 N–H and O–H groups in total. The maximum absolute atomic E-state index is 12.3. The van der Waals surface area contributed by atoms with Crippen molar-refractivity contribution in [3.05, 3.63) is 34.3 Å². The summed E-state index contributed by atoms with van der Waals surface area (Å²) in [5, 5.41) is 8.70. The molecule has 0 aliphatic rings. The van der Waals surface area contributed by atoms with Crippen molar-refractivity contribution in [1.29, 1.82) is 0 Å². The molecule has 1 heterocycles. The van der Waals surface area contributed by atoms with Gasteiger partial charge in [-0.25, -0.2) is 8.42 Å². The molecule has 21 heavy (non-hydrogen) atoms. The third-order valence-electron chi connectivity index (χ3n) is 2.76. The molecule has 2 aromatic rings. The summed E-state index contributed by atoms with van der Waals surface area (Å²) in [6.07, 6.45) is 0.709. The van der Waals surface area contributed by atoms with Gasteiger partial charge in [0.05, 0.1) is 4.90 Å². The average molecular weight is 342 g/mol. The number of nitrogens with one attached hydrogen (secondary N) is 1. The van der Waals surface area contributed by atoms with Crippen LogP contribution < -0.4 is 10.5 Å². The van der Waals surface area contributed by atoms with E-state index in [2.05, 4.69) is 14.9 Å². The number of thiocarbonyl (C=S) groups is 1. The number of aromatic nitrogens is 2. The van der Waals surface area contributed by atoms with Crippen LogP contribution in [-0.2, 0) is 16.4 Å². The van der Waals surface area contributed by atoms with Crippen molar-refractivity contribution < 1.29 is 8.42 Å². The van der Waals surface area contributed by atoms with Crippen molar-refractivity contribution in [1.82, 2.24) is 10.2 Å². The first-order chi connectivity index (χ1) is 9.83. The standard InChI is InChI=1S/C12H14N4O2S3/c1-3-10-14-15-12(20-10)16-21(17,18)8-4-5-9(11(13)19)7(2)6-8/h4-6H,3H2,1-2H3,(H2,13,19)(H,15,16). The van der Waals surface area contributed by atoms with Gasteiger partial charge in [-0.3, -0.25) is 4.72 Å². The molecule has 0 spiro atoms. The van der Waals surface area contributed by atoms with E-state index in [9.17, 15) is 8.42 Å². The maximum Gasteiger partial charge on any atom is 0.263 e. The van der Waals surface area contributed by atoms with Crippen molar-refractivity contribution in [3.63, 3.8) is 0 Å². The Morgan fingerprint density at radius 2 is 2.14 bits per heavy atom. The van der Waals surface area contributed by atoms with Crippen LogP contribution in [0.4, 0.5) is 5.13 Å². The lowest BCUT2D eigenvalue weighted by molar-refractivity contribution is 0.601. The normalized spacial score (nSPS) is 11.3. The van der Waals surface area contributed by atoms with Crippen molar-refractivity contribution in [3.8, 4) is 0 Å². The number of hydrogen-bond donors (Lipinski definition) is 2. The molecule has 0 atom stereocenters. The summed E-state index contributed by atoms with van der Waals surface area (Å²) in [6, 6.07) is 4.59. The largest absolute Gasteiger partial charge is 0.389 e. The Morgan fingerprint density at radius 1 is 1.43 bits per heavy atom. The Morgan fingerprint density at radius 3 is 2.67 bits per heavy atom. The highest BCUT2D eigenvalue weighted by Crippen LogP contribution is 2.21. The molecular formula is C12H14N4O2S3. The second-order valence-corrected chi connectivity index (χ2v) is 7.49. The molecule has 0 saturated heterocycles. The lowest BCUT2D eigenvalue weighted by Crippen LogP contribution is -2.15. The van der Waals surface area contributed by atoms with Gasteiger partial charge in [-0.15, -0.1) is 10.2 Å². The van der Waals surface area contributed by atoms with Crippen LogP contribution in [0.3, 0.4) is 0 Å². The minimum atomic E-state index is -3.70. The first-order valence-corrected chi connectivity index (χ1v) is 8.80. The molecule has 9 heteroatoms. The van der Waals surface area contributed by atoms with E-state index < -0.39 is 10.0 Å². The molecule has 0 radical (unpaired) electrons. The monoisotopic (exact) mass is 342 g/mol. The summed E-state index contributed by atoms with van der Waals surface area (Å²) >= 11 is 6.12. The zero-order valence-corrected chi connectivity index (χ0v) is 13.9. The minimum absolute atomic E-state index is 0.133. The number of anilines is 1. The number of sulfonamides is 1. The average Bonchev–Trinajstić information content (AvgIpc) is 2.85. The van der Waals surface area contributed by atoms with Crippen LogP contribution in [0, 0.1) is 6.92 Å². The fourth-order valence-electron chi connectivity index (χ4n) is 1.69. The van der Waals surface area contributed by atoms with E-state index in [1.807, 2.05) is 6.92 Å². The van der Waals surface area contributed by atoms with Gasteiger partial charge in [0.1, 0.15) is 10.00 Å². The zero-order valence-electron chi connectivity index (χ0n) is 11.5. The van der Waals surface area contributed by atoms with E-state index in [0.29, 0.717) is 17.5 Å². The van der Waals surface area contributed by atoms with Crippen LogP contribution >= 0.6 is 23.6 Å². The van der Waals surface area contributed by atoms with Gasteiger partial charge in [0, 0.05) is 5.56 Å². The van der Waals surface area contributed by atoms with Gasteiger partial charge < -0.3 is 5.73 Å². The number of aryl methyl sites for hydroxylation is 2. The molecule has 0 unspecified atom stereocenters. The molecule has 0 amide bonds. The van der Waals surface area contributed by atoms with Crippen LogP contribution in [0.5, 0.6) is 0 Å². The topological polar surface area (TPSA) is 98.0 Å². The molecule has 0 bridgehead atoms. The molecule has 6 nitrogen and oxygen atoms in total. The SMILES string of the molecule is CCc1nnc(NS(=O)(=O)c2ccc(C(N)=S)c(C)c2)s1. The Labute approximate surface area is 132 Å². The van der Waals surface area contributed by atoms with Gasteiger partial charge in [-0.2, -0.15) is 0 Å². The van der Waals surface area contributed by atoms with Crippen LogP contribution in [0.2, 0.25) is 0 Å². The Hall–Kier alpha value is -1.58. The second kappa shape index (κ2) is 6.04. The summed E-state index contributed by atoms with van der Waals surface area (Å²) in [7, 11) is -3.70. The zero-order chi connectivity index (χ0) is 15.6. The van der Waals surface area contributed by atoms with E-state index in [1.165, 1.54) is 23.5 Å². The lowest BCUT2D eigenvalue weighted by Gasteiger charge is -2.08. The quantitative estimate of drug-likeness (QED) is 0.805. The number of benzene rings is 1. The maximum atomic E-state index is 12.3. The summed E-state index contributed by atoms with van der Waals surface area (Å²) in [4.78, 5) is 0.370. The van der Waals surface area contributed by atoms with Gasteiger partial charge in [0.2, 0.25) is 5.13 Å². The fraction of sp³-hybridized carbons (Fsp3) is 0.250. The van der Waals surface area contributed by atoms with Gasteiger partial charge in [-0.1, -0.05) is 36.5 Å². The number of nitrogens with zero attached hydrogens (tertiary/aromatic N) is 2. The Bertz CT molecular complexity index is 784. The first-order valence-electron chi connectivity index (χ1n) is 6.09. The smallest absolute Gasteiger partial charge is 0.263 e.